The predicted molar refractivity (Wildman–Crippen MR) is 51.8 cm³/mol. The summed E-state index contributed by atoms with van der Waals surface area (Å²) in [5.74, 6) is 0.333. The van der Waals surface area contributed by atoms with Crippen molar-refractivity contribution in [3.8, 4) is 0 Å². The van der Waals surface area contributed by atoms with E-state index in [1.54, 1.807) is 12.1 Å². The van der Waals surface area contributed by atoms with Gasteiger partial charge in [0.25, 0.3) is 5.91 Å². The van der Waals surface area contributed by atoms with Crippen LogP contribution in [0.2, 0.25) is 0 Å². The summed E-state index contributed by atoms with van der Waals surface area (Å²) in [4.78, 5) is 19.3. The predicted octanol–water partition coefficient (Wildman–Crippen LogP) is 0.376. The average molecular weight is 190 g/mol. The van der Waals surface area contributed by atoms with Gasteiger partial charge < -0.3 is 10.3 Å². The standard InChI is InChI=1S/C9H10N4O/c1-5-11-7-4-3-6(8(10)14)12-9(7)13(5)2/h3-4H,1-2H3,(H2,10,14). The molecule has 2 heterocycles. The minimum Gasteiger partial charge on any atom is -0.364 e. The third-order valence-electron chi connectivity index (χ3n) is 2.19. The van der Waals surface area contributed by atoms with Crippen LogP contribution in [0, 0.1) is 6.92 Å². The molecule has 0 aliphatic rings. The van der Waals surface area contributed by atoms with E-state index in [4.69, 9.17) is 5.73 Å². The number of carbonyl (C=O) groups excluding carboxylic acids is 1. The number of aryl methyl sites for hydroxylation is 2. The molecule has 5 nitrogen and oxygen atoms in total. The van der Waals surface area contributed by atoms with E-state index in [1.807, 2.05) is 18.5 Å². The molecular formula is C9H10N4O. The van der Waals surface area contributed by atoms with E-state index in [1.165, 1.54) is 0 Å². The molecule has 2 aromatic heterocycles. The third kappa shape index (κ3) is 1.14. The van der Waals surface area contributed by atoms with Crippen molar-refractivity contribution in [3.63, 3.8) is 0 Å². The van der Waals surface area contributed by atoms with Crippen LogP contribution < -0.4 is 5.73 Å². The van der Waals surface area contributed by atoms with Gasteiger partial charge >= 0.3 is 0 Å². The summed E-state index contributed by atoms with van der Waals surface area (Å²) in [6, 6.07) is 3.33. The fraction of sp³-hybridized carbons (Fsp3) is 0.222. The van der Waals surface area contributed by atoms with Gasteiger partial charge in [-0.1, -0.05) is 0 Å². The summed E-state index contributed by atoms with van der Waals surface area (Å²) in [7, 11) is 1.85. The second-order valence-electron chi connectivity index (χ2n) is 3.12. The number of aromatic nitrogens is 3. The summed E-state index contributed by atoms with van der Waals surface area (Å²) < 4.78 is 1.82. The van der Waals surface area contributed by atoms with Crippen LogP contribution in [0.25, 0.3) is 11.2 Å². The van der Waals surface area contributed by atoms with Gasteiger partial charge in [-0.3, -0.25) is 4.79 Å². The fourth-order valence-corrected chi connectivity index (χ4v) is 1.31. The topological polar surface area (TPSA) is 73.8 Å². The number of hydrogen-bond acceptors (Lipinski definition) is 3. The van der Waals surface area contributed by atoms with Gasteiger partial charge in [0.15, 0.2) is 5.65 Å². The van der Waals surface area contributed by atoms with E-state index < -0.39 is 5.91 Å². The Labute approximate surface area is 80.6 Å². The van der Waals surface area contributed by atoms with Crippen molar-refractivity contribution in [1.82, 2.24) is 14.5 Å². The first-order valence-corrected chi connectivity index (χ1v) is 4.19. The molecule has 2 rings (SSSR count). The van der Waals surface area contributed by atoms with Crippen LogP contribution in [0.4, 0.5) is 0 Å². The lowest BCUT2D eigenvalue weighted by atomic mass is 10.3. The number of primary amides is 1. The van der Waals surface area contributed by atoms with Crippen LogP contribution in [-0.2, 0) is 7.05 Å². The molecule has 0 spiro atoms. The van der Waals surface area contributed by atoms with Crippen molar-refractivity contribution in [2.45, 2.75) is 6.92 Å². The molecular weight excluding hydrogens is 180 g/mol. The van der Waals surface area contributed by atoms with Gasteiger partial charge in [0.2, 0.25) is 0 Å². The highest BCUT2D eigenvalue weighted by molar-refractivity contribution is 5.92. The summed E-state index contributed by atoms with van der Waals surface area (Å²) >= 11 is 0. The van der Waals surface area contributed by atoms with Crippen LogP contribution in [0.1, 0.15) is 16.3 Å². The zero-order valence-electron chi connectivity index (χ0n) is 7.98. The Hall–Kier alpha value is -1.91. The Bertz CT molecular complexity index is 515. The van der Waals surface area contributed by atoms with Gasteiger partial charge in [-0.25, -0.2) is 9.97 Å². The van der Waals surface area contributed by atoms with Gasteiger partial charge in [-0.2, -0.15) is 0 Å². The van der Waals surface area contributed by atoms with E-state index in [9.17, 15) is 4.79 Å². The highest BCUT2D eigenvalue weighted by atomic mass is 16.1. The van der Waals surface area contributed by atoms with Gasteiger partial charge in [-0.05, 0) is 19.1 Å². The number of nitrogens with two attached hydrogens (primary N) is 1. The summed E-state index contributed by atoms with van der Waals surface area (Å²) in [5, 5.41) is 0. The lowest BCUT2D eigenvalue weighted by Crippen LogP contribution is -2.13. The van der Waals surface area contributed by atoms with Crippen molar-refractivity contribution in [3.05, 3.63) is 23.7 Å². The minimum atomic E-state index is -0.522. The lowest BCUT2D eigenvalue weighted by Gasteiger charge is -1.97. The minimum absolute atomic E-state index is 0.264. The Balaban J connectivity index is 2.76. The first-order valence-electron chi connectivity index (χ1n) is 4.19. The molecule has 0 bridgehead atoms. The molecule has 0 fully saturated rings. The van der Waals surface area contributed by atoms with Crippen molar-refractivity contribution >= 4 is 17.1 Å². The zero-order chi connectivity index (χ0) is 10.3. The molecule has 0 saturated carbocycles. The summed E-state index contributed by atoms with van der Waals surface area (Å²) in [6.07, 6.45) is 0. The number of hydrogen-bond donors (Lipinski definition) is 1. The fourth-order valence-electron chi connectivity index (χ4n) is 1.31. The van der Waals surface area contributed by atoms with Gasteiger partial charge in [0.05, 0.1) is 0 Å². The van der Waals surface area contributed by atoms with E-state index in [0.717, 1.165) is 11.3 Å². The maximum atomic E-state index is 10.9. The average Bonchev–Trinajstić information content (AvgIpc) is 2.43. The smallest absolute Gasteiger partial charge is 0.267 e. The number of amides is 1. The van der Waals surface area contributed by atoms with Gasteiger partial charge in [0.1, 0.15) is 17.0 Å². The second-order valence-corrected chi connectivity index (χ2v) is 3.12. The van der Waals surface area contributed by atoms with Gasteiger partial charge in [0, 0.05) is 7.05 Å². The van der Waals surface area contributed by atoms with Crippen molar-refractivity contribution < 1.29 is 4.79 Å². The summed E-state index contributed by atoms with van der Waals surface area (Å²) in [5.41, 5.74) is 6.85. The number of pyridine rings is 1. The van der Waals surface area contributed by atoms with Crippen LogP contribution in [0.3, 0.4) is 0 Å². The first kappa shape index (κ1) is 8.68. The molecule has 0 aliphatic heterocycles. The highest BCUT2D eigenvalue weighted by Gasteiger charge is 2.08. The second kappa shape index (κ2) is 2.80. The van der Waals surface area contributed by atoms with E-state index in [-0.39, 0.29) is 5.69 Å². The number of imidazole rings is 1. The molecule has 2 N–H and O–H groups in total. The Morgan fingerprint density at radius 1 is 1.43 bits per heavy atom. The molecule has 0 unspecified atom stereocenters. The molecule has 2 aromatic rings. The quantitative estimate of drug-likeness (QED) is 0.706. The van der Waals surface area contributed by atoms with Crippen molar-refractivity contribution in [2.75, 3.05) is 0 Å². The molecule has 0 atom stereocenters. The largest absolute Gasteiger partial charge is 0.364 e. The molecule has 0 aromatic carbocycles. The van der Waals surface area contributed by atoms with Crippen molar-refractivity contribution in [2.24, 2.45) is 12.8 Å². The number of carbonyl (C=O) groups is 1. The van der Waals surface area contributed by atoms with Crippen LogP contribution in [-0.4, -0.2) is 20.4 Å². The highest BCUT2D eigenvalue weighted by Crippen LogP contribution is 2.12. The van der Waals surface area contributed by atoms with E-state index in [2.05, 4.69) is 9.97 Å². The lowest BCUT2D eigenvalue weighted by molar-refractivity contribution is 0.0996. The molecule has 72 valence electrons. The first-order chi connectivity index (χ1) is 6.59. The number of rotatable bonds is 1. The normalized spacial score (nSPS) is 10.7. The third-order valence-corrected chi connectivity index (χ3v) is 2.19. The Morgan fingerprint density at radius 3 is 2.79 bits per heavy atom. The maximum Gasteiger partial charge on any atom is 0.267 e. The molecule has 0 radical (unpaired) electrons. The Kier molecular flexibility index (Phi) is 1.73. The number of fused-ring (bicyclic) bond motifs is 1. The zero-order valence-corrected chi connectivity index (χ0v) is 7.98. The van der Waals surface area contributed by atoms with E-state index >= 15 is 0 Å². The Morgan fingerprint density at radius 2 is 2.14 bits per heavy atom. The molecule has 5 heteroatoms. The molecule has 1 amide bonds. The SMILES string of the molecule is Cc1nc2ccc(C(N)=O)nc2n1C. The van der Waals surface area contributed by atoms with E-state index in [0.29, 0.717) is 5.65 Å². The molecule has 14 heavy (non-hydrogen) atoms. The van der Waals surface area contributed by atoms with Crippen LogP contribution in [0.5, 0.6) is 0 Å². The van der Waals surface area contributed by atoms with Crippen LogP contribution >= 0.6 is 0 Å². The van der Waals surface area contributed by atoms with Crippen molar-refractivity contribution in [1.29, 1.82) is 0 Å². The molecule has 0 saturated heterocycles. The summed E-state index contributed by atoms with van der Waals surface area (Å²) in [6.45, 7) is 1.88. The monoisotopic (exact) mass is 190 g/mol. The maximum absolute atomic E-state index is 10.9. The molecule has 0 aliphatic carbocycles. The number of nitrogens with zero attached hydrogens (tertiary/aromatic N) is 3. The van der Waals surface area contributed by atoms with Gasteiger partial charge in [-0.15, -0.1) is 0 Å². The van der Waals surface area contributed by atoms with Crippen LogP contribution in [0.15, 0.2) is 12.1 Å².